The summed E-state index contributed by atoms with van der Waals surface area (Å²) < 4.78 is 65.7. The number of hydrogen-bond acceptors (Lipinski definition) is 4. The Balaban J connectivity index is 1.29. The van der Waals surface area contributed by atoms with E-state index in [2.05, 4.69) is 0 Å². The fourth-order valence-electron chi connectivity index (χ4n) is 5.93. The number of furan rings is 1. The van der Waals surface area contributed by atoms with Crippen LogP contribution in [0, 0.1) is 0 Å². The number of benzene rings is 7. The molecule has 4 heteroatoms. The first-order valence-electron chi connectivity index (χ1n) is 18.0. The molecule has 0 aliphatic carbocycles. The Morgan fingerprint density at radius 1 is 0.467 bits per heavy atom. The third kappa shape index (κ3) is 4.27. The Kier molecular flexibility index (Phi) is 4.38. The van der Waals surface area contributed by atoms with E-state index in [0.717, 1.165) is 38.3 Å². The third-order valence-electron chi connectivity index (χ3n) is 8.02. The molecule has 7 aromatic carbocycles. The Bertz CT molecular complexity index is 2920. The van der Waals surface area contributed by atoms with Gasteiger partial charge in [0.2, 0.25) is 0 Å². The van der Waals surface area contributed by atoms with Crippen LogP contribution >= 0.6 is 0 Å². The van der Waals surface area contributed by atoms with E-state index in [-0.39, 0.29) is 28.4 Å². The molecule has 2 aromatic heterocycles. The molecule has 0 unspecified atom stereocenters. The van der Waals surface area contributed by atoms with Crippen molar-refractivity contribution in [2.45, 2.75) is 0 Å². The number of hydrogen-bond donors (Lipinski definition) is 0. The highest BCUT2D eigenvalue weighted by Crippen LogP contribution is 2.41. The zero-order valence-electron chi connectivity index (χ0n) is 30.6. The van der Waals surface area contributed by atoms with Crippen molar-refractivity contribution in [1.82, 2.24) is 15.0 Å². The lowest BCUT2D eigenvalue weighted by Crippen LogP contribution is -2.01. The van der Waals surface area contributed by atoms with Gasteiger partial charge < -0.3 is 4.42 Å². The molecule has 210 valence electrons. The topological polar surface area (TPSA) is 51.8 Å². The maximum Gasteiger partial charge on any atom is 0.165 e. The quantitative estimate of drug-likeness (QED) is 0.207. The zero-order valence-corrected chi connectivity index (χ0v) is 23.6. The van der Waals surface area contributed by atoms with Crippen molar-refractivity contribution >= 4 is 43.5 Å². The molecule has 9 aromatic rings. The van der Waals surface area contributed by atoms with Gasteiger partial charge in [0.15, 0.2) is 17.5 Å². The van der Waals surface area contributed by atoms with E-state index in [1.54, 1.807) is 24.3 Å². The van der Waals surface area contributed by atoms with Gasteiger partial charge in [-0.2, -0.15) is 0 Å². The predicted molar refractivity (Wildman–Crippen MR) is 184 cm³/mol. The monoisotopic (exact) mass is 582 g/mol. The van der Waals surface area contributed by atoms with E-state index in [1.165, 1.54) is 0 Å². The molecule has 0 radical (unpaired) electrons. The van der Waals surface area contributed by atoms with Gasteiger partial charge in [0, 0.05) is 27.5 Å². The predicted octanol–water partition coefficient (Wildman–Crippen LogP) is 10.7. The van der Waals surface area contributed by atoms with Crippen molar-refractivity contribution in [2.24, 2.45) is 0 Å². The maximum absolute atomic E-state index is 8.79. The molecule has 45 heavy (non-hydrogen) atoms. The van der Waals surface area contributed by atoms with Crippen molar-refractivity contribution in [3.8, 4) is 45.3 Å². The second-order valence-corrected chi connectivity index (χ2v) is 10.7. The van der Waals surface area contributed by atoms with Crippen LogP contribution < -0.4 is 0 Å². The lowest BCUT2D eigenvalue weighted by Gasteiger charge is -2.12. The lowest BCUT2D eigenvalue weighted by atomic mass is 9.97. The fourth-order valence-corrected chi connectivity index (χ4v) is 5.93. The maximum atomic E-state index is 8.79. The average molecular weight is 583 g/mol. The Hall–Kier alpha value is -6.13. The van der Waals surface area contributed by atoms with Crippen LogP contribution in [0.2, 0.25) is 0 Å². The van der Waals surface area contributed by atoms with Crippen LogP contribution in [0.15, 0.2) is 156 Å². The van der Waals surface area contributed by atoms with E-state index < -0.39 is 30.2 Å². The van der Waals surface area contributed by atoms with Gasteiger partial charge in [0.05, 0.1) is 9.60 Å². The molecule has 0 bridgehead atoms. The number of para-hydroxylation sites is 1. The van der Waals surface area contributed by atoms with Gasteiger partial charge in [-0.1, -0.05) is 139 Å². The van der Waals surface area contributed by atoms with E-state index in [9.17, 15) is 0 Å². The molecule has 2 heterocycles. The zero-order chi connectivity index (χ0) is 35.8. The lowest BCUT2D eigenvalue weighted by molar-refractivity contribution is 0.669. The Morgan fingerprint density at radius 2 is 1.11 bits per heavy atom. The molecular formula is C41H25N3O. The number of nitrogens with zero attached hydrogens (tertiary/aromatic N) is 3. The minimum atomic E-state index is -0.490. The summed E-state index contributed by atoms with van der Waals surface area (Å²) in [5.74, 6) is 1.32. The average Bonchev–Trinajstić information content (AvgIpc) is 3.55. The van der Waals surface area contributed by atoms with Crippen LogP contribution in [0.1, 0.15) is 9.60 Å². The summed E-state index contributed by atoms with van der Waals surface area (Å²) in [7, 11) is 0. The van der Waals surface area contributed by atoms with Gasteiger partial charge in [0.1, 0.15) is 11.2 Å². The van der Waals surface area contributed by atoms with Gasteiger partial charge >= 0.3 is 0 Å². The highest BCUT2D eigenvalue weighted by atomic mass is 16.3. The summed E-state index contributed by atoms with van der Waals surface area (Å²) in [5.41, 5.74) is 4.33. The molecule has 0 fully saturated rings. The molecule has 0 aliphatic rings. The standard InChI is InChI=1S/C41H25N3O/c1-2-12-28(13-3-1)39-42-40(29-23-21-27(22-24-29)32-19-10-15-26-11-4-6-16-31(26)32)44-41(43-39)38-33-17-7-5-14-30(33)25-36-37(38)34-18-8-9-20-35(34)45-36/h1-25H/i4D,6D,10D,11D,15D,16D,19D. The van der Waals surface area contributed by atoms with Gasteiger partial charge in [-0.05, 0) is 44.8 Å². The van der Waals surface area contributed by atoms with Crippen molar-refractivity contribution < 1.29 is 14.0 Å². The van der Waals surface area contributed by atoms with E-state index in [1.807, 2.05) is 84.9 Å². The molecule has 4 nitrogen and oxygen atoms in total. The largest absolute Gasteiger partial charge is 0.456 e. The number of fused-ring (bicyclic) bond motifs is 5. The van der Waals surface area contributed by atoms with Crippen LogP contribution in [0.5, 0.6) is 0 Å². The smallest absolute Gasteiger partial charge is 0.165 e. The molecule has 0 amide bonds. The summed E-state index contributed by atoms with van der Waals surface area (Å²) in [4.78, 5) is 15.0. The van der Waals surface area contributed by atoms with Crippen molar-refractivity contribution in [3.05, 3.63) is 151 Å². The molecule has 0 spiro atoms. The summed E-state index contributed by atoms with van der Waals surface area (Å²) in [6.45, 7) is 0. The van der Waals surface area contributed by atoms with Gasteiger partial charge in [-0.25, -0.2) is 15.0 Å². The van der Waals surface area contributed by atoms with Crippen LogP contribution in [0.4, 0.5) is 0 Å². The van der Waals surface area contributed by atoms with Gasteiger partial charge in [-0.3, -0.25) is 0 Å². The minimum Gasteiger partial charge on any atom is -0.456 e. The molecule has 0 N–H and O–H groups in total. The van der Waals surface area contributed by atoms with Crippen molar-refractivity contribution in [2.75, 3.05) is 0 Å². The van der Waals surface area contributed by atoms with Crippen LogP contribution in [0.3, 0.4) is 0 Å². The summed E-state index contributed by atoms with van der Waals surface area (Å²) in [6, 6.07) is 31.8. The van der Waals surface area contributed by atoms with E-state index in [4.69, 9.17) is 29.0 Å². The third-order valence-corrected chi connectivity index (χ3v) is 8.02. The first-order valence-corrected chi connectivity index (χ1v) is 14.5. The Morgan fingerprint density at radius 3 is 1.96 bits per heavy atom. The van der Waals surface area contributed by atoms with Gasteiger partial charge in [0.25, 0.3) is 0 Å². The normalized spacial score (nSPS) is 13.7. The first-order chi connectivity index (χ1) is 25.2. The van der Waals surface area contributed by atoms with Crippen molar-refractivity contribution in [1.29, 1.82) is 0 Å². The van der Waals surface area contributed by atoms with Crippen molar-refractivity contribution in [3.63, 3.8) is 0 Å². The van der Waals surface area contributed by atoms with Crippen LogP contribution in [0.25, 0.3) is 88.8 Å². The summed E-state index contributed by atoms with van der Waals surface area (Å²) >= 11 is 0. The fraction of sp³-hybridized carbons (Fsp3) is 0. The van der Waals surface area contributed by atoms with E-state index in [0.29, 0.717) is 34.2 Å². The number of rotatable bonds is 4. The van der Waals surface area contributed by atoms with Crippen LogP contribution in [-0.2, 0) is 0 Å². The highest BCUT2D eigenvalue weighted by molar-refractivity contribution is 6.20. The molecule has 0 atom stereocenters. The van der Waals surface area contributed by atoms with E-state index >= 15 is 0 Å². The molecule has 9 rings (SSSR count). The second-order valence-electron chi connectivity index (χ2n) is 10.7. The number of aromatic nitrogens is 3. The second kappa shape index (κ2) is 10.2. The Labute approximate surface area is 269 Å². The molecular weight excluding hydrogens is 550 g/mol. The van der Waals surface area contributed by atoms with Gasteiger partial charge in [-0.15, -0.1) is 0 Å². The first kappa shape index (κ1) is 19.2. The molecule has 0 saturated heterocycles. The van der Waals surface area contributed by atoms with Crippen LogP contribution in [-0.4, -0.2) is 15.0 Å². The molecule has 0 aliphatic heterocycles. The summed E-state index contributed by atoms with van der Waals surface area (Å²) in [6.07, 6.45) is 0. The SMILES string of the molecule is [2H]c1c([2H])c([2H])c2c(-c3ccc(-c4nc(-c5ccccc5)nc(-c5c6ccccc6cc6oc7ccccc7c56)n4)cc3)c([2H])c([2H])c([2H])c2c1[2H]. The summed E-state index contributed by atoms with van der Waals surface area (Å²) in [5, 5.41) is 3.70. The minimum absolute atomic E-state index is 0.0332. The molecule has 0 saturated carbocycles. The highest BCUT2D eigenvalue weighted by Gasteiger charge is 2.21.